The van der Waals surface area contributed by atoms with Gasteiger partial charge in [0.15, 0.2) is 10.7 Å². The summed E-state index contributed by atoms with van der Waals surface area (Å²) in [6.07, 6.45) is -3.53. The van der Waals surface area contributed by atoms with Gasteiger partial charge in [-0.1, -0.05) is 0 Å². The van der Waals surface area contributed by atoms with E-state index in [4.69, 9.17) is 0 Å². The second-order valence-corrected chi connectivity index (χ2v) is 2.54. The van der Waals surface area contributed by atoms with Gasteiger partial charge in [-0.15, -0.1) is 11.3 Å². The molecule has 1 aromatic heterocycles. The smallest absolute Gasteiger partial charge is 0.238 e. The lowest BCUT2D eigenvalue weighted by atomic mass is 10.4. The van der Waals surface area contributed by atoms with Gasteiger partial charge >= 0.3 is 6.18 Å². The van der Waals surface area contributed by atoms with Crippen molar-refractivity contribution in [2.75, 3.05) is 0 Å². The summed E-state index contributed by atoms with van der Waals surface area (Å²) in [6, 6.07) is 0. The average molecular weight is 194 g/mol. The molecule has 1 rings (SSSR count). The minimum Gasteiger partial charge on any atom is -0.238 e. The van der Waals surface area contributed by atoms with E-state index in [1.54, 1.807) is 0 Å². The van der Waals surface area contributed by atoms with Gasteiger partial charge in [0.05, 0.1) is 5.51 Å². The van der Waals surface area contributed by atoms with Crippen LogP contribution >= 0.6 is 11.3 Å². The van der Waals surface area contributed by atoms with Crippen LogP contribution in [0.25, 0.3) is 0 Å². The Balaban J connectivity index is 3.16. The molecule has 0 bridgehead atoms. The molecule has 0 amide bonds. The van der Waals surface area contributed by atoms with E-state index < -0.39 is 16.9 Å². The van der Waals surface area contributed by atoms with Crippen molar-refractivity contribution < 1.29 is 18.0 Å². The van der Waals surface area contributed by atoms with Crippen LogP contribution < -0.4 is 0 Å². The molecule has 1 heterocycles. The fourth-order valence-electron chi connectivity index (χ4n) is 0.555. The molecule has 0 atom stereocenters. The number of alkyl halides is 3. The number of thiazole rings is 1. The molecule has 0 saturated heterocycles. The van der Waals surface area contributed by atoms with Crippen LogP contribution in [0.1, 0.15) is 5.69 Å². The first-order chi connectivity index (χ1) is 5.55. The molecule has 0 saturated carbocycles. The van der Waals surface area contributed by atoms with Crippen LogP contribution in [0, 0.1) is 0 Å². The SMILES string of the molecule is O=C=Nc1scnc1C(F)(F)F. The van der Waals surface area contributed by atoms with Gasteiger partial charge in [-0.05, 0) is 0 Å². The lowest BCUT2D eigenvalue weighted by Gasteiger charge is -2.00. The number of aromatic nitrogens is 1. The number of hydrogen-bond donors (Lipinski definition) is 0. The van der Waals surface area contributed by atoms with Crippen molar-refractivity contribution in [3.63, 3.8) is 0 Å². The van der Waals surface area contributed by atoms with Crippen LogP contribution in [0.3, 0.4) is 0 Å². The standard InChI is InChI=1S/C5HF3N2OS/c6-5(7,8)3-4(9-1-11)12-2-10-3/h2H. The third-order valence-electron chi connectivity index (χ3n) is 0.964. The molecule has 3 nitrogen and oxygen atoms in total. The van der Waals surface area contributed by atoms with Crippen LogP contribution in [0.15, 0.2) is 10.5 Å². The Morgan fingerprint density at radius 3 is 2.75 bits per heavy atom. The van der Waals surface area contributed by atoms with Gasteiger partial charge in [0.25, 0.3) is 0 Å². The normalized spacial score (nSPS) is 10.9. The first-order valence-electron chi connectivity index (χ1n) is 2.64. The summed E-state index contributed by atoms with van der Waals surface area (Å²) in [5.41, 5.74) is -0.172. The summed E-state index contributed by atoms with van der Waals surface area (Å²) >= 11 is 0.641. The van der Waals surface area contributed by atoms with Crippen molar-refractivity contribution in [1.29, 1.82) is 0 Å². The number of aliphatic imine (C=N–C) groups is 1. The maximum Gasteiger partial charge on any atom is 0.436 e. The van der Waals surface area contributed by atoms with Crippen molar-refractivity contribution in [3.05, 3.63) is 11.2 Å². The van der Waals surface area contributed by atoms with E-state index in [0.29, 0.717) is 11.3 Å². The molecular weight excluding hydrogens is 193 g/mol. The molecule has 0 spiro atoms. The van der Waals surface area contributed by atoms with Crippen LogP contribution in [0.4, 0.5) is 18.2 Å². The van der Waals surface area contributed by atoms with Crippen LogP contribution in [-0.4, -0.2) is 11.1 Å². The molecular formula is C5HF3N2OS. The van der Waals surface area contributed by atoms with Crippen molar-refractivity contribution >= 4 is 22.4 Å². The minimum atomic E-state index is -4.56. The molecule has 0 unspecified atom stereocenters. The molecule has 64 valence electrons. The highest BCUT2D eigenvalue weighted by Gasteiger charge is 2.36. The zero-order chi connectivity index (χ0) is 9.19. The third-order valence-corrected chi connectivity index (χ3v) is 1.68. The Labute approximate surface area is 68.6 Å². The highest BCUT2D eigenvalue weighted by atomic mass is 32.1. The van der Waals surface area contributed by atoms with Gasteiger partial charge in [-0.25, -0.2) is 9.78 Å². The van der Waals surface area contributed by atoms with E-state index in [1.807, 2.05) is 0 Å². The van der Waals surface area contributed by atoms with E-state index in [0.717, 1.165) is 11.6 Å². The summed E-state index contributed by atoms with van der Waals surface area (Å²) in [5.74, 6) is 0. The number of nitrogens with zero attached hydrogens (tertiary/aromatic N) is 2. The van der Waals surface area contributed by atoms with Crippen molar-refractivity contribution in [3.8, 4) is 0 Å². The van der Waals surface area contributed by atoms with Crippen LogP contribution in [-0.2, 0) is 11.0 Å². The summed E-state index contributed by atoms with van der Waals surface area (Å²) in [4.78, 5) is 15.6. The predicted octanol–water partition coefficient (Wildman–Crippen LogP) is 2.13. The van der Waals surface area contributed by atoms with E-state index >= 15 is 0 Å². The minimum absolute atomic E-state index is 0.461. The molecule has 0 fully saturated rings. The van der Waals surface area contributed by atoms with Crippen LogP contribution in [0.2, 0.25) is 0 Å². The Kier molecular flexibility index (Phi) is 2.25. The zero-order valence-corrected chi connectivity index (χ0v) is 6.24. The van der Waals surface area contributed by atoms with E-state index in [1.165, 1.54) is 0 Å². The first kappa shape index (κ1) is 8.89. The topological polar surface area (TPSA) is 42.3 Å². The molecule has 0 aliphatic carbocycles. The van der Waals surface area contributed by atoms with Gasteiger partial charge < -0.3 is 0 Å². The lowest BCUT2D eigenvalue weighted by molar-refractivity contribution is -0.140. The predicted molar refractivity (Wildman–Crippen MR) is 34.9 cm³/mol. The Hall–Kier alpha value is -1.20. The summed E-state index contributed by atoms with van der Waals surface area (Å²) in [7, 11) is 0. The highest BCUT2D eigenvalue weighted by Crippen LogP contribution is 2.37. The molecule has 0 N–H and O–H groups in total. The number of hydrogen-bond acceptors (Lipinski definition) is 4. The Morgan fingerprint density at radius 2 is 2.25 bits per heavy atom. The molecule has 0 radical (unpaired) electrons. The van der Waals surface area contributed by atoms with E-state index in [2.05, 4.69) is 9.98 Å². The van der Waals surface area contributed by atoms with E-state index in [-0.39, 0.29) is 0 Å². The van der Waals surface area contributed by atoms with Gasteiger partial charge in [0.1, 0.15) is 0 Å². The molecule has 7 heteroatoms. The largest absolute Gasteiger partial charge is 0.436 e. The van der Waals surface area contributed by atoms with Gasteiger partial charge in [-0.3, -0.25) is 0 Å². The summed E-state index contributed by atoms with van der Waals surface area (Å²) in [5, 5.41) is -0.461. The molecule has 0 aromatic carbocycles. The molecule has 0 aliphatic rings. The Morgan fingerprint density at radius 1 is 1.58 bits per heavy atom. The second kappa shape index (κ2) is 3.04. The summed E-state index contributed by atoms with van der Waals surface area (Å²) < 4.78 is 35.9. The number of carbonyl (C=O) groups excluding carboxylic acids is 1. The van der Waals surface area contributed by atoms with Crippen molar-refractivity contribution in [2.24, 2.45) is 4.99 Å². The van der Waals surface area contributed by atoms with Crippen molar-refractivity contribution in [2.45, 2.75) is 6.18 Å². The average Bonchev–Trinajstić information content (AvgIpc) is 2.34. The second-order valence-electron chi connectivity index (χ2n) is 1.71. The van der Waals surface area contributed by atoms with E-state index in [9.17, 15) is 18.0 Å². The zero-order valence-electron chi connectivity index (χ0n) is 5.42. The fourth-order valence-corrected chi connectivity index (χ4v) is 1.18. The quantitative estimate of drug-likeness (QED) is 0.507. The maximum absolute atomic E-state index is 12.0. The summed E-state index contributed by atoms with van der Waals surface area (Å²) in [6.45, 7) is 0. The fraction of sp³-hybridized carbons (Fsp3) is 0.200. The van der Waals surface area contributed by atoms with Gasteiger partial charge in [0, 0.05) is 0 Å². The van der Waals surface area contributed by atoms with Gasteiger partial charge in [0.2, 0.25) is 6.08 Å². The number of isocyanates is 1. The molecule has 12 heavy (non-hydrogen) atoms. The Bertz CT molecular complexity index is 326. The maximum atomic E-state index is 12.0. The highest BCUT2D eigenvalue weighted by molar-refractivity contribution is 7.13. The monoisotopic (exact) mass is 194 g/mol. The first-order valence-corrected chi connectivity index (χ1v) is 3.52. The third kappa shape index (κ3) is 1.69. The number of rotatable bonds is 1. The lowest BCUT2D eigenvalue weighted by Crippen LogP contribution is -2.05. The van der Waals surface area contributed by atoms with Crippen LogP contribution in [0.5, 0.6) is 0 Å². The molecule has 1 aromatic rings. The number of halogens is 3. The van der Waals surface area contributed by atoms with Gasteiger partial charge in [-0.2, -0.15) is 18.2 Å². The molecule has 0 aliphatic heterocycles. The van der Waals surface area contributed by atoms with Crippen molar-refractivity contribution in [1.82, 2.24) is 4.98 Å².